The molecule has 0 spiro atoms. The van der Waals surface area contributed by atoms with E-state index in [1.807, 2.05) is 32.0 Å². The van der Waals surface area contributed by atoms with Crippen molar-refractivity contribution in [2.24, 2.45) is 5.84 Å². The van der Waals surface area contributed by atoms with Gasteiger partial charge in [0.1, 0.15) is 5.82 Å². The summed E-state index contributed by atoms with van der Waals surface area (Å²) in [5, 5.41) is 0.692. The monoisotopic (exact) mass is 278 g/mol. The zero-order valence-corrected chi connectivity index (χ0v) is 11.6. The van der Waals surface area contributed by atoms with Gasteiger partial charge in [0.2, 0.25) is 0 Å². The first-order chi connectivity index (χ1) is 9.04. The van der Waals surface area contributed by atoms with Crippen LogP contribution in [0.2, 0.25) is 5.02 Å². The lowest BCUT2D eigenvalue weighted by atomic mass is 9.92. The van der Waals surface area contributed by atoms with Crippen LogP contribution in [0.15, 0.2) is 36.4 Å². The van der Waals surface area contributed by atoms with E-state index in [0.717, 1.165) is 22.3 Å². The molecule has 0 aliphatic carbocycles. The minimum absolute atomic E-state index is 0.209. The van der Waals surface area contributed by atoms with Crippen LogP contribution in [-0.4, -0.2) is 0 Å². The van der Waals surface area contributed by atoms with Gasteiger partial charge in [-0.3, -0.25) is 5.84 Å². The number of halogens is 2. The van der Waals surface area contributed by atoms with Gasteiger partial charge in [-0.25, -0.2) is 9.82 Å². The molecule has 0 radical (unpaired) electrons. The summed E-state index contributed by atoms with van der Waals surface area (Å²) in [4.78, 5) is 0. The molecule has 2 aromatic rings. The zero-order chi connectivity index (χ0) is 14.0. The van der Waals surface area contributed by atoms with Crippen LogP contribution in [0, 0.1) is 19.7 Å². The molecule has 1 atom stereocenters. The van der Waals surface area contributed by atoms with E-state index in [1.165, 1.54) is 12.1 Å². The predicted octanol–water partition coefficient (Wildman–Crippen LogP) is 3.65. The Morgan fingerprint density at radius 2 is 1.89 bits per heavy atom. The Morgan fingerprint density at radius 3 is 2.53 bits per heavy atom. The lowest BCUT2D eigenvalue weighted by molar-refractivity contribution is 0.611. The van der Waals surface area contributed by atoms with Crippen LogP contribution in [-0.2, 0) is 0 Å². The van der Waals surface area contributed by atoms with Gasteiger partial charge < -0.3 is 0 Å². The molecule has 0 aliphatic heterocycles. The largest absolute Gasteiger partial charge is 0.271 e. The van der Waals surface area contributed by atoms with E-state index in [1.54, 1.807) is 6.07 Å². The molecule has 2 rings (SSSR count). The molecule has 19 heavy (non-hydrogen) atoms. The SMILES string of the molecule is Cc1cc(F)ccc1C(NN)c1cccc(Cl)c1C. The van der Waals surface area contributed by atoms with Gasteiger partial charge in [-0.2, -0.15) is 0 Å². The minimum atomic E-state index is -0.250. The molecule has 0 fully saturated rings. The second-order valence-electron chi connectivity index (χ2n) is 4.55. The van der Waals surface area contributed by atoms with Crippen molar-refractivity contribution in [1.29, 1.82) is 0 Å². The van der Waals surface area contributed by atoms with Crippen molar-refractivity contribution in [1.82, 2.24) is 5.43 Å². The summed E-state index contributed by atoms with van der Waals surface area (Å²) in [6.07, 6.45) is 0. The summed E-state index contributed by atoms with van der Waals surface area (Å²) in [6, 6.07) is 10.2. The molecule has 2 nitrogen and oxygen atoms in total. The maximum atomic E-state index is 13.2. The first-order valence-electron chi connectivity index (χ1n) is 6.01. The molecule has 1 unspecified atom stereocenters. The summed E-state index contributed by atoms with van der Waals surface area (Å²) in [6.45, 7) is 3.81. The Hall–Kier alpha value is -1.42. The number of nitrogens with one attached hydrogen (secondary N) is 1. The summed E-state index contributed by atoms with van der Waals surface area (Å²) in [5.74, 6) is 5.43. The first kappa shape index (κ1) is 14.0. The highest BCUT2D eigenvalue weighted by Gasteiger charge is 2.17. The molecule has 0 aliphatic rings. The van der Waals surface area contributed by atoms with Crippen LogP contribution >= 0.6 is 11.6 Å². The average molecular weight is 279 g/mol. The lowest BCUT2D eigenvalue weighted by Crippen LogP contribution is -2.30. The highest BCUT2D eigenvalue weighted by Crippen LogP contribution is 2.30. The lowest BCUT2D eigenvalue weighted by Gasteiger charge is -2.21. The van der Waals surface area contributed by atoms with Crippen molar-refractivity contribution < 1.29 is 4.39 Å². The molecule has 0 bridgehead atoms. The number of benzene rings is 2. The predicted molar refractivity (Wildman–Crippen MR) is 76.5 cm³/mol. The molecule has 3 N–H and O–H groups in total. The molecule has 0 heterocycles. The number of rotatable bonds is 3. The quantitative estimate of drug-likeness (QED) is 0.664. The third-order valence-electron chi connectivity index (χ3n) is 3.33. The van der Waals surface area contributed by atoms with E-state index in [9.17, 15) is 4.39 Å². The van der Waals surface area contributed by atoms with Crippen molar-refractivity contribution in [3.63, 3.8) is 0 Å². The van der Waals surface area contributed by atoms with Gasteiger partial charge in [-0.15, -0.1) is 0 Å². The third-order valence-corrected chi connectivity index (χ3v) is 3.74. The zero-order valence-electron chi connectivity index (χ0n) is 10.9. The maximum Gasteiger partial charge on any atom is 0.123 e. The Balaban J connectivity index is 2.53. The van der Waals surface area contributed by atoms with E-state index < -0.39 is 0 Å². The second-order valence-corrected chi connectivity index (χ2v) is 4.96. The molecule has 4 heteroatoms. The van der Waals surface area contributed by atoms with Gasteiger partial charge in [-0.1, -0.05) is 29.8 Å². The fourth-order valence-corrected chi connectivity index (χ4v) is 2.43. The Morgan fingerprint density at radius 1 is 1.16 bits per heavy atom. The van der Waals surface area contributed by atoms with Crippen LogP contribution in [0.1, 0.15) is 28.3 Å². The summed E-state index contributed by atoms with van der Waals surface area (Å²) in [7, 11) is 0. The summed E-state index contributed by atoms with van der Waals surface area (Å²) >= 11 is 6.14. The molecule has 0 saturated heterocycles. The fraction of sp³-hybridized carbons (Fsp3) is 0.200. The number of aryl methyl sites for hydroxylation is 1. The molecular weight excluding hydrogens is 263 g/mol. The Kier molecular flexibility index (Phi) is 4.20. The van der Waals surface area contributed by atoms with Gasteiger partial charge in [0.05, 0.1) is 6.04 Å². The van der Waals surface area contributed by atoms with Crippen molar-refractivity contribution in [3.05, 3.63) is 69.5 Å². The van der Waals surface area contributed by atoms with Crippen LogP contribution < -0.4 is 11.3 Å². The van der Waals surface area contributed by atoms with Crippen molar-refractivity contribution in [2.45, 2.75) is 19.9 Å². The van der Waals surface area contributed by atoms with Gasteiger partial charge in [0, 0.05) is 5.02 Å². The molecule has 100 valence electrons. The van der Waals surface area contributed by atoms with Crippen molar-refractivity contribution in [3.8, 4) is 0 Å². The van der Waals surface area contributed by atoms with E-state index in [4.69, 9.17) is 17.4 Å². The van der Waals surface area contributed by atoms with Gasteiger partial charge in [-0.05, 0) is 54.3 Å². The van der Waals surface area contributed by atoms with E-state index in [-0.39, 0.29) is 11.9 Å². The van der Waals surface area contributed by atoms with Crippen molar-refractivity contribution in [2.75, 3.05) is 0 Å². The Labute approximate surface area is 117 Å². The van der Waals surface area contributed by atoms with Crippen LogP contribution in [0.25, 0.3) is 0 Å². The normalized spacial score (nSPS) is 12.5. The van der Waals surface area contributed by atoms with Gasteiger partial charge >= 0.3 is 0 Å². The van der Waals surface area contributed by atoms with E-state index in [2.05, 4.69) is 5.43 Å². The first-order valence-corrected chi connectivity index (χ1v) is 6.39. The number of hydrazine groups is 1. The third kappa shape index (κ3) is 2.78. The van der Waals surface area contributed by atoms with Crippen molar-refractivity contribution >= 4 is 11.6 Å². The summed E-state index contributed by atoms with van der Waals surface area (Å²) < 4.78 is 13.2. The van der Waals surface area contributed by atoms with Crippen LogP contribution in [0.4, 0.5) is 4.39 Å². The number of nitrogens with two attached hydrogens (primary N) is 1. The Bertz CT molecular complexity index is 599. The smallest absolute Gasteiger partial charge is 0.123 e. The summed E-state index contributed by atoms with van der Waals surface area (Å²) in [5.41, 5.74) is 6.53. The molecule has 0 aromatic heterocycles. The molecule has 2 aromatic carbocycles. The highest BCUT2D eigenvalue weighted by atomic mass is 35.5. The topological polar surface area (TPSA) is 38.0 Å². The van der Waals surface area contributed by atoms with Gasteiger partial charge in [0.25, 0.3) is 0 Å². The minimum Gasteiger partial charge on any atom is -0.271 e. The molecule has 0 amide bonds. The highest BCUT2D eigenvalue weighted by molar-refractivity contribution is 6.31. The number of hydrogen-bond donors (Lipinski definition) is 2. The van der Waals surface area contributed by atoms with E-state index in [0.29, 0.717) is 5.02 Å². The fourth-order valence-electron chi connectivity index (χ4n) is 2.25. The van der Waals surface area contributed by atoms with E-state index >= 15 is 0 Å². The van der Waals surface area contributed by atoms with Gasteiger partial charge in [0.15, 0.2) is 0 Å². The standard InChI is InChI=1S/C15H16ClFN2/c1-9-8-11(17)6-7-12(9)15(19-18)13-4-3-5-14(16)10(13)2/h3-8,15,19H,18H2,1-2H3. The molecular formula is C15H16ClFN2. The second kappa shape index (κ2) is 5.70. The maximum absolute atomic E-state index is 13.2. The number of hydrogen-bond acceptors (Lipinski definition) is 2. The van der Waals surface area contributed by atoms with Crippen LogP contribution in [0.3, 0.4) is 0 Å². The molecule has 0 saturated carbocycles. The van der Waals surface area contributed by atoms with Crippen LogP contribution in [0.5, 0.6) is 0 Å². The average Bonchev–Trinajstić information content (AvgIpc) is 2.37.